The van der Waals surface area contributed by atoms with Crippen LogP contribution < -0.4 is 11.5 Å². The van der Waals surface area contributed by atoms with Gasteiger partial charge in [-0.15, -0.1) is 0 Å². The fraction of sp³-hybridized carbons (Fsp3) is 0.750. The molecule has 0 unspecified atom stereocenters. The molecule has 6 N–H and O–H groups in total. The van der Waals surface area contributed by atoms with Gasteiger partial charge in [-0.2, -0.15) is 0 Å². The third kappa shape index (κ3) is 295. The van der Waals surface area contributed by atoms with E-state index < -0.39 is 6.16 Å². The molecule has 0 spiro atoms. The van der Waals surface area contributed by atoms with E-state index in [1.165, 1.54) is 7.05 Å². The normalized spacial score (nSPS) is 5.33. The first-order valence-electron chi connectivity index (χ1n) is 2.34. The van der Waals surface area contributed by atoms with E-state index in [0.29, 0.717) is 0 Å². The number of hydrogen-bond donors (Lipinski definition) is 4. The van der Waals surface area contributed by atoms with Gasteiger partial charge in [0.2, 0.25) is 0 Å². The summed E-state index contributed by atoms with van der Waals surface area (Å²) in [5.74, 6) is 0. The molecule has 0 saturated heterocycles. The standard InChI is InChI=1S/C2H7N.CH5N.CH2O3/c1-2-3;1-2;2-1(3)4/h2-3H2,1H3;2H2,1H3;(H2,2,3,4). The van der Waals surface area contributed by atoms with E-state index in [0.717, 1.165) is 6.54 Å². The summed E-state index contributed by atoms with van der Waals surface area (Å²) < 4.78 is 0. The van der Waals surface area contributed by atoms with Gasteiger partial charge in [-0.05, 0) is 13.6 Å². The number of rotatable bonds is 0. The van der Waals surface area contributed by atoms with Crippen molar-refractivity contribution in [1.29, 1.82) is 0 Å². The quantitative estimate of drug-likeness (QED) is 0.369. The van der Waals surface area contributed by atoms with Crippen LogP contribution >= 0.6 is 0 Å². The van der Waals surface area contributed by atoms with E-state index in [1.54, 1.807) is 0 Å². The molecule has 5 heteroatoms. The van der Waals surface area contributed by atoms with Gasteiger partial charge in [0.15, 0.2) is 0 Å². The monoisotopic (exact) mass is 138 g/mol. The van der Waals surface area contributed by atoms with E-state index >= 15 is 0 Å². The molecular weight excluding hydrogens is 124 g/mol. The fourth-order valence-electron chi connectivity index (χ4n) is 0. The Morgan fingerprint density at radius 2 is 1.44 bits per heavy atom. The van der Waals surface area contributed by atoms with Crippen LogP contribution in [0.25, 0.3) is 0 Å². The first kappa shape index (κ1) is 15.7. The lowest BCUT2D eigenvalue weighted by Gasteiger charge is -1.60. The van der Waals surface area contributed by atoms with Gasteiger partial charge in [0.1, 0.15) is 0 Å². The lowest BCUT2D eigenvalue weighted by Crippen LogP contribution is -1.87. The van der Waals surface area contributed by atoms with Crippen LogP contribution in [0.3, 0.4) is 0 Å². The summed E-state index contributed by atoms with van der Waals surface area (Å²) in [7, 11) is 1.50. The minimum Gasteiger partial charge on any atom is -0.450 e. The Morgan fingerprint density at radius 1 is 1.44 bits per heavy atom. The van der Waals surface area contributed by atoms with Gasteiger partial charge in [0.25, 0.3) is 0 Å². The zero-order valence-electron chi connectivity index (χ0n) is 5.66. The topological polar surface area (TPSA) is 110 Å². The van der Waals surface area contributed by atoms with Gasteiger partial charge in [-0.3, -0.25) is 0 Å². The lowest BCUT2D eigenvalue weighted by molar-refractivity contribution is 0.137. The molecule has 0 saturated carbocycles. The lowest BCUT2D eigenvalue weighted by atomic mass is 10.8. The molecule has 0 fully saturated rings. The first-order chi connectivity index (χ1) is 4.15. The van der Waals surface area contributed by atoms with Gasteiger partial charge in [0.05, 0.1) is 0 Å². The van der Waals surface area contributed by atoms with Crippen molar-refractivity contribution >= 4 is 6.16 Å². The molecule has 0 rings (SSSR count). The van der Waals surface area contributed by atoms with Crippen LogP contribution in [-0.4, -0.2) is 30.0 Å². The van der Waals surface area contributed by atoms with Crippen LogP contribution in [0.2, 0.25) is 0 Å². The average molecular weight is 138 g/mol. The Balaban J connectivity index is -0.0000000646. The van der Waals surface area contributed by atoms with Crippen LogP contribution in [0.15, 0.2) is 0 Å². The van der Waals surface area contributed by atoms with Crippen LogP contribution in [0.4, 0.5) is 4.79 Å². The van der Waals surface area contributed by atoms with Gasteiger partial charge in [-0.25, -0.2) is 4.79 Å². The second-order valence-electron chi connectivity index (χ2n) is 0.691. The molecule has 0 atom stereocenters. The SMILES string of the molecule is CCN.CN.O=C(O)O. The van der Waals surface area contributed by atoms with Crippen molar-refractivity contribution in [3.05, 3.63) is 0 Å². The Hall–Kier alpha value is -0.810. The van der Waals surface area contributed by atoms with Crippen LogP contribution in [-0.2, 0) is 0 Å². The van der Waals surface area contributed by atoms with E-state index in [-0.39, 0.29) is 0 Å². The van der Waals surface area contributed by atoms with Gasteiger partial charge in [0, 0.05) is 0 Å². The predicted octanol–water partition coefficient (Wildman–Crippen LogP) is -0.238. The Morgan fingerprint density at radius 3 is 1.44 bits per heavy atom. The molecule has 5 nitrogen and oxygen atoms in total. The molecule has 0 aliphatic heterocycles. The first-order valence-corrected chi connectivity index (χ1v) is 2.34. The third-order valence-electron chi connectivity index (χ3n) is 0. The van der Waals surface area contributed by atoms with Crippen LogP contribution in [0, 0.1) is 0 Å². The number of hydrogen-bond acceptors (Lipinski definition) is 3. The van der Waals surface area contributed by atoms with Gasteiger partial charge < -0.3 is 21.7 Å². The maximum absolute atomic E-state index is 8.56. The molecule has 0 amide bonds. The number of carbonyl (C=O) groups is 1. The third-order valence-corrected chi connectivity index (χ3v) is 0. The maximum atomic E-state index is 8.56. The zero-order chi connectivity index (χ0) is 8.28. The summed E-state index contributed by atoms with van der Waals surface area (Å²) in [4.78, 5) is 8.56. The highest BCUT2D eigenvalue weighted by Crippen LogP contribution is 1.42. The summed E-state index contributed by atoms with van der Waals surface area (Å²) >= 11 is 0. The highest BCUT2D eigenvalue weighted by molar-refractivity contribution is 5.53. The predicted molar refractivity (Wildman–Crippen MR) is 35.5 cm³/mol. The van der Waals surface area contributed by atoms with E-state index in [4.69, 9.17) is 20.7 Å². The van der Waals surface area contributed by atoms with Crippen molar-refractivity contribution < 1.29 is 15.0 Å². The molecule has 0 aromatic rings. The number of nitrogens with two attached hydrogens (primary N) is 2. The fourth-order valence-corrected chi connectivity index (χ4v) is 0. The molecule has 0 bridgehead atoms. The molecule has 0 aliphatic rings. The molecule has 58 valence electrons. The summed E-state index contributed by atoms with van der Waals surface area (Å²) in [5, 5.41) is 13.9. The summed E-state index contributed by atoms with van der Waals surface area (Å²) in [6.45, 7) is 2.65. The number of carboxylic acid groups (broad SMARTS) is 2. The molecule has 0 radical (unpaired) electrons. The molecule has 0 aromatic heterocycles. The summed E-state index contributed by atoms with van der Waals surface area (Å²) in [6, 6.07) is 0. The highest BCUT2D eigenvalue weighted by atomic mass is 16.6. The van der Waals surface area contributed by atoms with E-state index in [1.807, 2.05) is 6.92 Å². The maximum Gasteiger partial charge on any atom is 0.503 e. The Bertz CT molecular complexity index is 45.1. The second kappa shape index (κ2) is 27.1. The molecular formula is C4H14N2O3. The molecule has 0 aliphatic carbocycles. The summed E-state index contributed by atoms with van der Waals surface area (Å²) in [6.07, 6.45) is -1.83. The van der Waals surface area contributed by atoms with Crippen LogP contribution in [0.1, 0.15) is 6.92 Å². The largest absolute Gasteiger partial charge is 0.503 e. The van der Waals surface area contributed by atoms with Crippen molar-refractivity contribution in [3.8, 4) is 0 Å². The summed E-state index contributed by atoms with van der Waals surface area (Å²) in [5.41, 5.74) is 9.35. The minimum absolute atomic E-state index is 0.750. The van der Waals surface area contributed by atoms with Crippen molar-refractivity contribution in [2.75, 3.05) is 13.6 Å². The van der Waals surface area contributed by atoms with Gasteiger partial charge >= 0.3 is 6.16 Å². The van der Waals surface area contributed by atoms with Crippen LogP contribution in [0.5, 0.6) is 0 Å². The average Bonchev–Trinajstić information content (AvgIpc) is 1.71. The second-order valence-corrected chi connectivity index (χ2v) is 0.691. The van der Waals surface area contributed by atoms with E-state index in [9.17, 15) is 0 Å². The zero-order valence-corrected chi connectivity index (χ0v) is 5.66. The molecule has 0 aromatic carbocycles. The highest BCUT2D eigenvalue weighted by Gasteiger charge is 1.70. The minimum atomic E-state index is -1.83. The smallest absolute Gasteiger partial charge is 0.450 e. The Labute approximate surface area is 54.3 Å². The van der Waals surface area contributed by atoms with Crippen molar-refractivity contribution in [2.24, 2.45) is 11.5 Å². The Kier molecular flexibility index (Phi) is 47.3. The van der Waals surface area contributed by atoms with Crippen molar-refractivity contribution in [2.45, 2.75) is 6.92 Å². The van der Waals surface area contributed by atoms with Gasteiger partial charge in [-0.1, -0.05) is 6.92 Å². The van der Waals surface area contributed by atoms with Crippen molar-refractivity contribution in [1.82, 2.24) is 0 Å². The molecule has 9 heavy (non-hydrogen) atoms. The van der Waals surface area contributed by atoms with E-state index in [2.05, 4.69) is 5.73 Å². The molecule has 0 heterocycles. The van der Waals surface area contributed by atoms with Crippen molar-refractivity contribution in [3.63, 3.8) is 0 Å².